The van der Waals surface area contributed by atoms with Crippen molar-refractivity contribution >= 4 is 28.8 Å². The molecule has 0 saturated heterocycles. The second-order valence-corrected chi connectivity index (χ2v) is 5.47. The SMILES string of the molecule is CSc1ccc(NC(C)c2cccs2)cc1. The van der Waals surface area contributed by atoms with Crippen LogP contribution in [0.1, 0.15) is 17.8 Å². The van der Waals surface area contributed by atoms with Gasteiger partial charge in [-0.3, -0.25) is 0 Å². The number of anilines is 1. The van der Waals surface area contributed by atoms with E-state index in [-0.39, 0.29) is 0 Å². The smallest absolute Gasteiger partial charge is 0.0578 e. The quantitative estimate of drug-likeness (QED) is 0.792. The zero-order valence-corrected chi connectivity index (χ0v) is 11.1. The van der Waals surface area contributed by atoms with E-state index in [1.54, 1.807) is 23.1 Å². The minimum atomic E-state index is 0.375. The Labute approximate surface area is 105 Å². The molecule has 1 N–H and O–H groups in total. The molecule has 0 aliphatic carbocycles. The van der Waals surface area contributed by atoms with Gasteiger partial charge < -0.3 is 5.32 Å². The zero-order valence-electron chi connectivity index (χ0n) is 9.44. The van der Waals surface area contributed by atoms with Gasteiger partial charge in [-0.2, -0.15) is 0 Å². The van der Waals surface area contributed by atoms with E-state index in [1.165, 1.54) is 15.5 Å². The van der Waals surface area contributed by atoms with Crippen LogP contribution in [-0.2, 0) is 0 Å². The van der Waals surface area contributed by atoms with Gasteiger partial charge in [0.05, 0.1) is 6.04 Å². The van der Waals surface area contributed by atoms with Crippen LogP contribution in [0.5, 0.6) is 0 Å². The molecule has 0 saturated carbocycles. The van der Waals surface area contributed by atoms with Crippen molar-refractivity contribution < 1.29 is 0 Å². The first-order valence-corrected chi connectivity index (χ1v) is 7.34. The van der Waals surface area contributed by atoms with Gasteiger partial charge in [-0.25, -0.2) is 0 Å². The van der Waals surface area contributed by atoms with Gasteiger partial charge in [-0.15, -0.1) is 23.1 Å². The number of benzene rings is 1. The number of thioether (sulfide) groups is 1. The van der Waals surface area contributed by atoms with E-state index in [2.05, 4.69) is 60.3 Å². The van der Waals surface area contributed by atoms with E-state index in [0.29, 0.717) is 6.04 Å². The summed E-state index contributed by atoms with van der Waals surface area (Å²) in [5, 5.41) is 5.61. The lowest BCUT2D eigenvalue weighted by Crippen LogP contribution is -2.04. The standard InChI is InChI=1S/C13H15NS2/c1-10(13-4-3-9-16-13)14-11-5-7-12(15-2)8-6-11/h3-10,14H,1-2H3. The minimum Gasteiger partial charge on any atom is -0.378 e. The summed E-state index contributed by atoms with van der Waals surface area (Å²) >= 11 is 3.56. The largest absolute Gasteiger partial charge is 0.378 e. The monoisotopic (exact) mass is 249 g/mol. The van der Waals surface area contributed by atoms with Crippen molar-refractivity contribution in [3.8, 4) is 0 Å². The van der Waals surface area contributed by atoms with Crippen LogP contribution in [0.3, 0.4) is 0 Å². The zero-order chi connectivity index (χ0) is 11.4. The van der Waals surface area contributed by atoms with Gasteiger partial charge in [0.2, 0.25) is 0 Å². The van der Waals surface area contributed by atoms with Crippen LogP contribution >= 0.6 is 23.1 Å². The van der Waals surface area contributed by atoms with Gasteiger partial charge in [0, 0.05) is 15.5 Å². The molecule has 0 radical (unpaired) electrons. The molecular weight excluding hydrogens is 234 g/mol. The van der Waals surface area contributed by atoms with Crippen LogP contribution in [0.4, 0.5) is 5.69 Å². The molecule has 3 heteroatoms. The van der Waals surface area contributed by atoms with E-state index in [0.717, 1.165) is 0 Å². The first kappa shape index (κ1) is 11.6. The molecule has 0 bridgehead atoms. The van der Waals surface area contributed by atoms with E-state index in [4.69, 9.17) is 0 Å². The summed E-state index contributed by atoms with van der Waals surface area (Å²) in [7, 11) is 0. The Morgan fingerprint density at radius 3 is 2.50 bits per heavy atom. The molecule has 1 aromatic carbocycles. The molecule has 16 heavy (non-hydrogen) atoms. The molecule has 2 aromatic rings. The lowest BCUT2D eigenvalue weighted by molar-refractivity contribution is 0.908. The van der Waals surface area contributed by atoms with Gasteiger partial charge >= 0.3 is 0 Å². The van der Waals surface area contributed by atoms with Crippen LogP contribution < -0.4 is 5.32 Å². The molecule has 1 heterocycles. The van der Waals surface area contributed by atoms with Gasteiger partial charge in [-0.1, -0.05) is 6.07 Å². The van der Waals surface area contributed by atoms with Gasteiger partial charge in [0.1, 0.15) is 0 Å². The normalized spacial score (nSPS) is 12.4. The molecular formula is C13H15NS2. The third-order valence-corrected chi connectivity index (χ3v) is 4.24. The van der Waals surface area contributed by atoms with Crippen molar-refractivity contribution in [2.75, 3.05) is 11.6 Å². The maximum Gasteiger partial charge on any atom is 0.0578 e. The predicted molar refractivity (Wildman–Crippen MR) is 74.6 cm³/mol. The fourth-order valence-electron chi connectivity index (χ4n) is 1.55. The average Bonchev–Trinajstić information content (AvgIpc) is 2.83. The lowest BCUT2D eigenvalue weighted by atomic mass is 10.2. The molecule has 0 aliphatic heterocycles. The molecule has 1 atom stereocenters. The Hall–Kier alpha value is -0.930. The van der Waals surface area contributed by atoms with Crippen molar-refractivity contribution in [2.45, 2.75) is 17.9 Å². The Balaban J connectivity index is 2.03. The second-order valence-electron chi connectivity index (χ2n) is 3.61. The summed E-state index contributed by atoms with van der Waals surface area (Å²) in [5.74, 6) is 0. The molecule has 2 rings (SSSR count). The molecule has 0 spiro atoms. The Bertz CT molecular complexity index is 420. The Morgan fingerprint density at radius 1 is 1.19 bits per heavy atom. The molecule has 1 nitrogen and oxygen atoms in total. The van der Waals surface area contributed by atoms with Crippen LogP contribution in [-0.4, -0.2) is 6.26 Å². The Morgan fingerprint density at radius 2 is 1.94 bits per heavy atom. The molecule has 0 fully saturated rings. The number of thiophene rings is 1. The number of hydrogen-bond donors (Lipinski definition) is 1. The van der Waals surface area contributed by atoms with Crippen molar-refractivity contribution in [3.05, 3.63) is 46.7 Å². The predicted octanol–water partition coefficient (Wildman–Crippen LogP) is 4.64. The minimum absolute atomic E-state index is 0.375. The highest BCUT2D eigenvalue weighted by molar-refractivity contribution is 7.98. The fraction of sp³-hybridized carbons (Fsp3) is 0.231. The van der Waals surface area contributed by atoms with Crippen molar-refractivity contribution in [1.82, 2.24) is 0 Å². The molecule has 0 amide bonds. The van der Waals surface area contributed by atoms with Crippen molar-refractivity contribution in [1.29, 1.82) is 0 Å². The maximum absolute atomic E-state index is 3.50. The number of hydrogen-bond acceptors (Lipinski definition) is 3. The Kier molecular flexibility index (Phi) is 3.91. The summed E-state index contributed by atoms with van der Waals surface area (Å²) in [5.41, 5.74) is 1.18. The van der Waals surface area contributed by atoms with Gasteiger partial charge in [0.25, 0.3) is 0 Å². The first-order valence-electron chi connectivity index (χ1n) is 5.23. The summed E-state index contributed by atoms with van der Waals surface area (Å²) in [6.45, 7) is 2.19. The number of rotatable bonds is 4. The molecule has 1 aromatic heterocycles. The summed E-state index contributed by atoms with van der Waals surface area (Å²) in [6.07, 6.45) is 2.09. The second kappa shape index (κ2) is 5.41. The summed E-state index contributed by atoms with van der Waals surface area (Å²) < 4.78 is 0. The summed E-state index contributed by atoms with van der Waals surface area (Å²) in [6, 6.07) is 13.2. The van der Waals surface area contributed by atoms with Crippen molar-refractivity contribution in [2.24, 2.45) is 0 Å². The van der Waals surface area contributed by atoms with E-state index < -0.39 is 0 Å². The third-order valence-electron chi connectivity index (χ3n) is 2.44. The van der Waals surface area contributed by atoms with Crippen LogP contribution in [0.2, 0.25) is 0 Å². The highest BCUT2D eigenvalue weighted by Gasteiger charge is 2.05. The maximum atomic E-state index is 3.50. The summed E-state index contributed by atoms with van der Waals surface area (Å²) in [4.78, 5) is 2.67. The topological polar surface area (TPSA) is 12.0 Å². The van der Waals surface area contributed by atoms with Crippen molar-refractivity contribution in [3.63, 3.8) is 0 Å². The highest BCUT2D eigenvalue weighted by atomic mass is 32.2. The first-order chi connectivity index (χ1) is 7.79. The molecule has 0 aliphatic rings. The van der Waals surface area contributed by atoms with Crippen LogP contribution in [0.15, 0.2) is 46.7 Å². The van der Waals surface area contributed by atoms with E-state index in [1.807, 2.05) is 0 Å². The molecule has 84 valence electrons. The highest BCUT2D eigenvalue weighted by Crippen LogP contribution is 2.24. The molecule has 1 unspecified atom stereocenters. The van der Waals surface area contributed by atoms with Crippen LogP contribution in [0.25, 0.3) is 0 Å². The van der Waals surface area contributed by atoms with Gasteiger partial charge in [0.15, 0.2) is 0 Å². The van der Waals surface area contributed by atoms with Crippen LogP contribution in [0, 0.1) is 0 Å². The number of nitrogens with one attached hydrogen (secondary N) is 1. The third kappa shape index (κ3) is 2.80. The lowest BCUT2D eigenvalue weighted by Gasteiger charge is -2.13. The average molecular weight is 249 g/mol. The van der Waals surface area contributed by atoms with E-state index >= 15 is 0 Å². The van der Waals surface area contributed by atoms with Gasteiger partial charge in [-0.05, 0) is 48.9 Å². The fourth-order valence-corrected chi connectivity index (χ4v) is 2.69. The van der Waals surface area contributed by atoms with E-state index in [9.17, 15) is 0 Å².